The van der Waals surface area contributed by atoms with Gasteiger partial charge in [0.2, 0.25) is 0 Å². The zero-order valence-corrected chi connectivity index (χ0v) is 16.5. The van der Waals surface area contributed by atoms with Crippen LogP contribution in [0.1, 0.15) is 24.5 Å². The fraction of sp³-hybridized carbons (Fsp3) is 0.333. The number of hydrogen-bond acceptors (Lipinski definition) is 2. The minimum atomic E-state index is 0. The number of pyridine rings is 1. The van der Waals surface area contributed by atoms with Crippen LogP contribution in [0.4, 0.5) is 0 Å². The smallest absolute Gasteiger partial charge is 0.250 e. The number of aromatic nitrogens is 1. The average Bonchev–Trinajstić information content (AvgIpc) is 2.58. The van der Waals surface area contributed by atoms with E-state index in [4.69, 9.17) is 0 Å². The molecule has 6 heteroatoms. The van der Waals surface area contributed by atoms with Crippen LogP contribution in [-0.4, -0.2) is 24.1 Å². The van der Waals surface area contributed by atoms with Gasteiger partial charge in [0, 0.05) is 32.4 Å². The highest BCUT2D eigenvalue weighted by Crippen LogP contribution is 2.05. The lowest BCUT2D eigenvalue weighted by Gasteiger charge is -2.11. The molecule has 2 rings (SSSR count). The number of aliphatic imine (C=N–C) groups is 1. The summed E-state index contributed by atoms with van der Waals surface area (Å²) in [5.41, 5.74) is 2.30. The van der Waals surface area contributed by atoms with Gasteiger partial charge in [-0.15, -0.1) is 24.0 Å². The largest absolute Gasteiger partial charge is 0.356 e. The number of halogens is 1. The predicted octanol–water partition coefficient (Wildman–Crippen LogP) is 2.59. The van der Waals surface area contributed by atoms with Crippen LogP contribution in [0.3, 0.4) is 0 Å². The van der Waals surface area contributed by atoms with Gasteiger partial charge in [-0.3, -0.25) is 9.79 Å². The van der Waals surface area contributed by atoms with Crippen molar-refractivity contribution in [1.82, 2.24) is 15.2 Å². The molecule has 1 aromatic heterocycles. The molecule has 0 saturated heterocycles. The summed E-state index contributed by atoms with van der Waals surface area (Å²) in [4.78, 5) is 15.9. The van der Waals surface area contributed by atoms with Crippen molar-refractivity contribution in [3.63, 3.8) is 0 Å². The average molecular weight is 440 g/mol. The van der Waals surface area contributed by atoms with Gasteiger partial charge in [-0.25, -0.2) is 0 Å². The predicted molar refractivity (Wildman–Crippen MR) is 110 cm³/mol. The summed E-state index contributed by atoms with van der Waals surface area (Å²) in [6.07, 6.45) is 2.87. The summed E-state index contributed by atoms with van der Waals surface area (Å²) in [5, 5.41) is 6.52. The Morgan fingerprint density at radius 3 is 2.42 bits per heavy atom. The van der Waals surface area contributed by atoms with Crippen LogP contribution in [-0.2, 0) is 13.1 Å². The lowest BCUT2D eigenvalue weighted by Crippen LogP contribution is -2.37. The van der Waals surface area contributed by atoms with E-state index in [1.807, 2.05) is 6.07 Å². The normalized spacial score (nSPS) is 10.8. The molecule has 5 nitrogen and oxygen atoms in total. The van der Waals surface area contributed by atoms with Crippen LogP contribution < -0.4 is 16.2 Å². The van der Waals surface area contributed by atoms with E-state index in [0.717, 1.165) is 31.0 Å². The van der Waals surface area contributed by atoms with Gasteiger partial charge >= 0.3 is 0 Å². The molecule has 0 radical (unpaired) electrons. The summed E-state index contributed by atoms with van der Waals surface area (Å²) >= 11 is 0. The second-order valence-corrected chi connectivity index (χ2v) is 5.34. The van der Waals surface area contributed by atoms with Crippen molar-refractivity contribution >= 4 is 29.9 Å². The van der Waals surface area contributed by atoms with Crippen molar-refractivity contribution in [2.24, 2.45) is 4.99 Å². The Morgan fingerprint density at radius 2 is 1.79 bits per heavy atom. The van der Waals surface area contributed by atoms with Gasteiger partial charge in [-0.05, 0) is 23.6 Å². The molecule has 1 aromatic carbocycles. The number of nitrogens with zero attached hydrogens (tertiary/aromatic N) is 2. The van der Waals surface area contributed by atoms with Gasteiger partial charge in [0.05, 0.1) is 6.54 Å². The first-order chi connectivity index (χ1) is 11.2. The molecule has 0 spiro atoms. The minimum absolute atomic E-state index is 0. The fourth-order valence-electron chi connectivity index (χ4n) is 2.20. The first-order valence-corrected chi connectivity index (χ1v) is 7.90. The standard InChI is InChI=1S/C18H24N4O.HI/c1-3-11-20-18(19-2)21-13-15-7-9-16(10-8-15)14-22-12-5-4-6-17(22)23;/h4-10,12H,3,11,13-14H2,1-2H3,(H2,19,20,21);1H. The summed E-state index contributed by atoms with van der Waals surface area (Å²) in [6.45, 7) is 4.34. The summed E-state index contributed by atoms with van der Waals surface area (Å²) in [5.74, 6) is 0.812. The zero-order valence-electron chi connectivity index (χ0n) is 14.2. The van der Waals surface area contributed by atoms with Crippen molar-refractivity contribution in [2.75, 3.05) is 13.6 Å². The Kier molecular flexibility index (Phi) is 9.14. The first kappa shape index (κ1) is 20.2. The second-order valence-electron chi connectivity index (χ2n) is 5.34. The molecule has 0 bridgehead atoms. The Balaban J connectivity index is 0.00000288. The molecule has 0 saturated carbocycles. The van der Waals surface area contributed by atoms with Gasteiger partial charge < -0.3 is 15.2 Å². The van der Waals surface area contributed by atoms with Crippen LogP contribution >= 0.6 is 24.0 Å². The van der Waals surface area contributed by atoms with Gasteiger partial charge in [0.25, 0.3) is 5.56 Å². The SMILES string of the molecule is CCCNC(=NC)NCc1ccc(Cn2ccccc2=O)cc1.I. The van der Waals surface area contributed by atoms with E-state index in [1.54, 1.807) is 29.9 Å². The molecule has 0 aliphatic carbocycles. The van der Waals surface area contributed by atoms with Crippen molar-refractivity contribution in [3.05, 3.63) is 70.1 Å². The van der Waals surface area contributed by atoms with Gasteiger partial charge in [0.1, 0.15) is 0 Å². The van der Waals surface area contributed by atoms with Crippen LogP contribution in [0, 0.1) is 0 Å². The van der Waals surface area contributed by atoms with Crippen molar-refractivity contribution in [3.8, 4) is 0 Å². The maximum atomic E-state index is 11.7. The number of hydrogen-bond donors (Lipinski definition) is 2. The molecule has 0 fully saturated rings. The monoisotopic (exact) mass is 440 g/mol. The highest BCUT2D eigenvalue weighted by atomic mass is 127. The first-order valence-electron chi connectivity index (χ1n) is 7.90. The lowest BCUT2D eigenvalue weighted by molar-refractivity contribution is 0.757. The van der Waals surface area contributed by atoms with Crippen LogP contribution in [0.2, 0.25) is 0 Å². The van der Waals surface area contributed by atoms with Crippen molar-refractivity contribution in [2.45, 2.75) is 26.4 Å². The number of guanidine groups is 1. The Hall–Kier alpha value is -1.83. The van der Waals surface area contributed by atoms with E-state index in [-0.39, 0.29) is 29.5 Å². The Labute approximate surface area is 160 Å². The Morgan fingerprint density at radius 1 is 1.08 bits per heavy atom. The fourth-order valence-corrected chi connectivity index (χ4v) is 2.20. The molecule has 2 aromatic rings. The maximum absolute atomic E-state index is 11.7. The molecule has 2 N–H and O–H groups in total. The zero-order chi connectivity index (χ0) is 16.5. The van der Waals surface area contributed by atoms with E-state index in [2.05, 4.69) is 46.8 Å². The molecule has 0 aliphatic rings. The van der Waals surface area contributed by atoms with E-state index >= 15 is 0 Å². The highest BCUT2D eigenvalue weighted by molar-refractivity contribution is 14.0. The maximum Gasteiger partial charge on any atom is 0.250 e. The third-order valence-corrected chi connectivity index (χ3v) is 3.50. The molecule has 0 aliphatic heterocycles. The highest BCUT2D eigenvalue weighted by Gasteiger charge is 2.00. The third kappa shape index (κ3) is 6.35. The van der Waals surface area contributed by atoms with Crippen LogP contribution in [0.5, 0.6) is 0 Å². The van der Waals surface area contributed by atoms with E-state index in [0.29, 0.717) is 6.54 Å². The molecule has 0 atom stereocenters. The minimum Gasteiger partial charge on any atom is -0.356 e. The summed E-state index contributed by atoms with van der Waals surface area (Å²) in [6, 6.07) is 13.5. The molecular formula is C18H25IN4O. The summed E-state index contributed by atoms with van der Waals surface area (Å²) in [7, 11) is 1.77. The summed E-state index contributed by atoms with van der Waals surface area (Å²) < 4.78 is 1.70. The van der Waals surface area contributed by atoms with Crippen LogP contribution in [0.15, 0.2) is 58.4 Å². The topological polar surface area (TPSA) is 58.4 Å². The molecular weight excluding hydrogens is 415 g/mol. The molecule has 0 amide bonds. The van der Waals surface area contributed by atoms with Crippen molar-refractivity contribution < 1.29 is 0 Å². The van der Waals surface area contributed by atoms with Crippen molar-refractivity contribution in [1.29, 1.82) is 0 Å². The quantitative estimate of drug-likeness (QED) is 0.413. The number of rotatable bonds is 6. The van der Waals surface area contributed by atoms with Gasteiger partial charge in [0.15, 0.2) is 5.96 Å². The second kappa shape index (κ2) is 10.9. The molecule has 0 unspecified atom stereocenters. The molecule has 130 valence electrons. The van der Waals surface area contributed by atoms with Crippen LogP contribution in [0.25, 0.3) is 0 Å². The van der Waals surface area contributed by atoms with E-state index < -0.39 is 0 Å². The van der Waals surface area contributed by atoms with Gasteiger partial charge in [-0.2, -0.15) is 0 Å². The number of nitrogens with one attached hydrogen (secondary N) is 2. The molecule has 24 heavy (non-hydrogen) atoms. The third-order valence-electron chi connectivity index (χ3n) is 3.50. The van der Waals surface area contributed by atoms with Gasteiger partial charge in [-0.1, -0.05) is 37.3 Å². The van der Waals surface area contributed by atoms with E-state index in [9.17, 15) is 4.79 Å². The van der Waals surface area contributed by atoms with E-state index in [1.165, 1.54) is 5.56 Å². The Bertz CT molecular complexity index is 695. The lowest BCUT2D eigenvalue weighted by atomic mass is 10.1. The number of benzene rings is 1. The molecule has 1 heterocycles.